The van der Waals surface area contributed by atoms with E-state index in [2.05, 4.69) is 15.9 Å². The molecule has 0 unspecified atom stereocenters. The van der Waals surface area contributed by atoms with Gasteiger partial charge >= 0.3 is 11.9 Å². The summed E-state index contributed by atoms with van der Waals surface area (Å²) in [5.74, 6) is -0.782. The Bertz CT molecular complexity index is 1190. The number of methoxy groups -OCH3 is 1. The predicted octanol–water partition coefficient (Wildman–Crippen LogP) is 5.30. The standard InChI is InChI=1S/C25H26BrNO7S/c1-6-32-19-11-15(10-17(26)22(19)31-5)9-16(13-27)18(28)12-20-21(24(29)33-7-2)14(4)23(35-20)25(30)34-8-3/h9-11H,6-8,12H2,1-5H3/b16-9+. The molecule has 0 atom stereocenters. The monoisotopic (exact) mass is 563 g/mol. The van der Waals surface area contributed by atoms with Gasteiger partial charge in [-0.1, -0.05) is 0 Å². The smallest absolute Gasteiger partial charge is 0.348 e. The number of hydrogen-bond donors (Lipinski definition) is 0. The molecular formula is C25H26BrNO7S. The number of benzene rings is 1. The van der Waals surface area contributed by atoms with Crippen molar-refractivity contribution in [3.63, 3.8) is 0 Å². The molecule has 0 aliphatic heterocycles. The van der Waals surface area contributed by atoms with Crippen molar-refractivity contribution in [3.8, 4) is 17.6 Å². The Hall–Kier alpha value is -3.16. The van der Waals surface area contributed by atoms with Crippen LogP contribution in [-0.2, 0) is 20.7 Å². The van der Waals surface area contributed by atoms with Crippen LogP contribution in [0.1, 0.15) is 56.8 Å². The fourth-order valence-corrected chi connectivity index (χ4v) is 5.08. The van der Waals surface area contributed by atoms with Gasteiger partial charge in [0, 0.05) is 11.3 Å². The first-order valence-corrected chi connectivity index (χ1v) is 12.4. The maximum atomic E-state index is 13.1. The number of allylic oxidation sites excluding steroid dienone is 1. The number of nitrogens with zero attached hydrogens (tertiary/aromatic N) is 1. The van der Waals surface area contributed by atoms with E-state index < -0.39 is 17.7 Å². The topological polar surface area (TPSA) is 112 Å². The lowest BCUT2D eigenvalue weighted by Gasteiger charge is -2.12. The second kappa shape index (κ2) is 13.1. The number of ether oxygens (including phenoxy) is 4. The van der Waals surface area contributed by atoms with Gasteiger partial charge in [0.25, 0.3) is 0 Å². The summed E-state index contributed by atoms with van der Waals surface area (Å²) in [5.41, 5.74) is 0.961. The second-order valence-electron chi connectivity index (χ2n) is 7.03. The van der Waals surface area contributed by atoms with Gasteiger partial charge in [-0.15, -0.1) is 11.3 Å². The number of ketones is 1. The summed E-state index contributed by atoms with van der Waals surface area (Å²) in [6, 6.07) is 5.29. The minimum Gasteiger partial charge on any atom is -0.492 e. The Kier molecular flexibility index (Phi) is 10.5. The lowest BCUT2D eigenvalue weighted by Crippen LogP contribution is -2.12. The summed E-state index contributed by atoms with van der Waals surface area (Å²) >= 11 is 4.40. The average molecular weight is 564 g/mol. The molecule has 0 saturated carbocycles. The lowest BCUT2D eigenvalue weighted by molar-refractivity contribution is -0.114. The highest BCUT2D eigenvalue weighted by atomic mass is 79.9. The molecule has 0 radical (unpaired) electrons. The molecule has 8 nitrogen and oxygen atoms in total. The Morgan fingerprint density at radius 2 is 1.74 bits per heavy atom. The summed E-state index contributed by atoms with van der Waals surface area (Å²) in [5, 5.41) is 9.69. The SMILES string of the molecule is CCOC(=O)c1sc(CC(=O)/C(C#N)=C/c2cc(Br)c(OC)c(OCC)c2)c(C(=O)OCC)c1C. The Labute approximate surface area is 216 Å². The van der Waals surface area contributed by atoms with Crippen LogP contribution < -0.4 is 9.47 Å². The van der Waals surface area contributed by atoms with Crippen molar-refractivity contribution < 1.29 is 33.3 Å². The Morgan fingerprint density at radius 1 is 1.09 bits per heavy atom. The van der Waals surface area contributed by atoms with Gasteiger partial charge in [-0.2, -0.15) is 5.26 Å². The third-order valence-electron chi connectivity index (χ3n) is 4.75. The van der Waals surface area contributed by atoms with Crippen LogP contribution >= 0.6 is 27.3 Å². The zero-order valence-corrected chi connectivity index (χ0v) is 22.6. The number of halogens is 1. The van der Waals surface area contributed by atoms with Crippen LogP contribution in [0.3, 0.4) is 0 Å². The van der Waals surface area contributed by atoms with Crippen molar-refractivity contribution in [1.29, 1.82) is 5.26 Å². The average Bonchev–Trinajstić information content (AvgIpc) is 3.13. The van der Waals surface area contributed by atoms with E-state index in [4.69, 9.17) is 18.9 Å². The van der Waals surface area contributed by atoms with Gasteiger partial charge in [0.05, 0.1) is 42.5 Å². The van der Waals surface area contributed by atoms with Crippen LogP contribution in [0.2, 0.25) is 0 Å². The molecule has 0 amide bonds. The first-order chi connectivity index (χ1) is 16.7. The number of thiophene rings is 1. The molecule has 0 aliphatic carbocycles. The maximum absolute atomic E-state index is 13.1. The normalized spacial score (nSPS) is 10.9. The van der Waals surface area contributed by atoms with E-state index in [1.54, 1.807) is 32.9 Å². The summed E-state index contributed by atoms with van der Waals surface area (Å²) in [4.78, 5) is 38.6. The third kappa shape index (κ3) is 6.71. The van der Waals surface area contributed by atoms with Crippen LogP contribution in [0.15, 0.2) is 22.2 Å². The largest absolute Gasteiger partial charge is 0.492 e. The molecule has 186 valence electrons. The number of carbonyl (C=O) groups excluding carboxylic acids is 3. The van der Waals surface area contributed by atoms with Gasteiger partial charge in [-0.3, -0.25) is 4.79 Å². The Morgan fingerprint density at radius 3 is 2.31 bits per heavy atom. The van der Waals surface area contributed by atoms with Crippen LogP contribution in [0.5, 0.6) is 11.5 Å². The molecule has 0 aliphatic rings. The molecule has 1 aromatic heterocycles. The van der Waals surface area contributed by atoms with E-state index in [1.165, 1.54) is 13.2 Å². The molecule has 0 N–H and O–H groups in total. The van der Waals surface area contributed by atoms with Gasteiger partial charge in [0.15, 0.2) is 17.3 Å². The van der Waals surface area contributed by atoms with Gasteiger partial charge in [-0.25, -0.2) is 9.59 Å². The summed E-state index contributed by atoms with van der Waals surface area (Å²) in [6.45, 7) is 7.47. The van der Waals surface area contributed by atoms with E-state index in [1.807, 2.05) is 13.0 Å². The number of nitriles is 1. The molecule has 35 heavy (non-hydrogen) atoms. The summed E-state index contributed by atoms with van der Waals surface area (Å²) < 4.78 is 21.7. The third-order valence-corrected chi connectivity index (χ3v) is 6.61. The van der Waals surface area contributed by atoms with Crippen LogP contribution in [0.25, 0.3) is 6.08 Å². The van der Waals surface area contributed by atoms with Crippen LogP contribution in [0.4, 0.5) is 0 Å². The van der Waals surface area contributed by atoms with Gasteiger partial charge in [-0.05, 0) is 73.0 Å². The minimum atomic E-state index is -0.637. The maximum Gasteiger partial charge on any atom is 0.348 e. The van der Waals surface area contributed by atoms with Gasteiger partial charge < -0.3 is 18.9 Å². The van der Waals surface area contributed by atoms with E-state index in [0.717, 1.165) is 11.3 Å². The zero-order chi connectivity index (χ0) is 26.1. The minimum absolute atomic E-state index is 0.122. The number of rotatable bonds is 11. The number of carbonyl (C=O) groups is 3. The molecular weight excluding hydrogens is 538 g/mol. The molecule has 0 bridgehead atoms. The van der Waals surface area contributed by atoms with E-state index >= 15 is 0 Å². The molecule has 1 heterocycles. The van der Waals surface area contributed by atoms with Crippen molar-refractivity contribution in [2.24, 2.45) is 0 Å². The first kappa shape index (κ1) is 28.1. The van der Waals surface area contributed by atoms with Crippen LogP contribution in [0, 0.1) is 18.3 Å². The van der Waals surface area contributed by atoms with Crippen molar-refractivity contribution in [1.82, 2.24) is 0 Å². The highest BCUT2D eigenvalue weighted by Gasteiger charge is 2.28. The quantitative estimate of drug-likeness (QED) is 0.205. The Balaban J connectivity index is 2.48. The van der Waals surface area contributed by atoms with E-state index in [-0.39, 0.29) is 35.6 Å². The fourth-order valence-electron chi connectivity index (χ4n) is 3.27. The van der Waals surface area contributed by atoms with Crippen molar-refractivity contribution in [2.75, 3.05) is 26.9 Å². The first-order valence-electron chi connectivity index (χ1n) is 10.8. The van der Waals surface area contributed by atoms with Crippen molar-refractivity contribution >= 4 is 51.1 Å². The number of hydrogen-bond acceptors (Lipinski definition) is 9. The van der Waals surface area contributed by atoms with E-state index in [9.17, 15) is 19.6 Å². The molecule has 0 spiro atoms. The highest BCUT2D eigenvalue weighted by molar-refractivity contribution is 9.10. The number of Topliss-reactive ketones (excluding diaryl/α,β-unsaturated/α-hetero) is 1. The lowest BCUT2D eigenvalue weighted by atomic mass is 10.0. The molecule has 2 rings (SSSR count). The highest BCUT2D eigenvalue weighted by Crippen LogP contribution is 2.37. The predicted molar refractivity (Wildman–Crippen MR) is 135 cm³/mol. The zero-order valence-electron chi connectivity index (χ0n) is 20.2. The molecule has 10 heteroatoms. The molecule has 0 fully saturated rings. The van der Waals surface area contributed by atoms with Crippen molar-refractivity contribution in [3.05, 3.63) is 48.6 Å². The molecule has 1 aromatic carbocycles. The molecule has 0 saturated heterocycles. The number of esters is 2. The summed E-state index contributed by atoms with van der Waals surface area (Å²) in [7, 11) is 1.51. The van der Waals surface area contributed by atoms with Crippen molar-refractivity contribution in [2.45, 2.75) is 34.1 Å². The fraction of sp³-hybridized carbons (Fsp3) is 0.360. The van der Waals surface area contributed by atoms with Gasteiger partial charge in [0.1, 0.15) is 10.9 Å². The summed E-state index contributed by atoms with van der Waals surface area (Å²) in [6.07, 6.45) is 1.18. The van der Waals surface area contributed by atoms with E-state index in [0.29, 0.717) is 38.6 Å². The van der Waals surface area contributed by atoms with Crippen LogP contribution in [-0.4, -0.2) is 44.7 Å². The second-order valence-corrected chi connectivity index (χ2v) is 8.99. The van der Waals surface area contributed by atoms with Gasteiger partial charge in [0.2, 0.25) is 0 Å². The molecule has 2 aromatic rings.